The Labute approximate surface area is 134 Å². The summed E-state index contributed by atoms with van der Waals surface area (Å²) < 4.78 is 17.6. The molecule has 1 fully saturated rings. The Morgan fingerprint density at radius 1 is 1.14 bits per heavy atom. The Balaban J connectivity index is 1.95. The number of hydrogen-bond donors (Lipinski definition) is 0. The second kappa shape index (κ2) is 6.80. The van der Waals surface area contributed by atoms with E-state index >= 15 is 0 Å². The second-order valence-corrected chi connectivity index (χ2v) is 7.75. The molecule has 3 nitrogen and oxygen atoms in total. The van der Waals surface area contributed by atoms with Gasteiger partial charge in [-0.15, -0.1) is 0 Å². The molecule has 2 aromatic carbocycles. The molecule has 0 aliphatic carbocycles. The van der Waals surface area contributed by atoms with Gasteiger partial charge in [-0.2, -0.15) is 0 Å². The summed E-state index contributed by atoms with van der Waals surface area (Å²) >= 11 is 0. The van der Waals surface area contributed by atoms with Crippen molar-refractivity contribution < 1.29 is 8.95 Å². The van der Waals surface area contributed by atoms with Crippen molar-refractivity contribution in [3.8, 4) is 5.75 Å². The third-order valence-corrected chi connectivity index (χ3v) is 5.29. The Morgan fingerprint density at radius 3 is 2.59 bits per heavy atom. The summed E-state index contributed by atoms with van der Waals surface area (Å²) in [6, 6.07) is 12.7. The number of rotatable bonds is 4. The third kappa shape index (κ3) is 3.50. The van der Waals surface area contributed by atoms with Gasteiger partial charge in [0.2, 0.25) is 0 Å². The number of hydrogen-bond acceptors (Lipinski definition) is 3. The highest BCUT2D eigenvalue weighted by molar-refractivity contribution is 7.85. The fraction of sp³-hybridized carbons (Fsp3) is 0.444. The normalized spacial score (nSPS) is 17.2. The molecule has 1 aliphatic heterocycles. The Morgan fingerprint density at radius 2 is 1.86 bits per heavy atom. The Hall–Kier alpha value is -1.39. The first-order valence-corrected chi connectivity index (χ1v) is 9.37. The molecule has 0 amide bonds. The molecule has 0 unspecified atom stereocenters. The zero-order chi connectivity index (χ0) is 15.5. The van der Waals surface area contributed by atoms with Crippen molar-refractivity contribution in [3.63, 3.8) is 0 Å². The van der Waals surface area contributed by atoms with Gasteiger partial charge in [0.05, 0.1) is 6.10 Å². The monoisotopic (exact) mass is 317 g/mol. The predicted octanol–water partition coefficient (Wildman–Crippen LogP) is 3.19. The van der Waals surface area contributed by atoms with E-state index in [1.54, 1.807) is 0 Å². The van der Waals surface area contributed by atoms with E-state index in [1.807, 2.05) is 0 Å². The first kappa shape index (κ1) is 15.5. The van der Waals surface area contributed by atoms with Gasteiger partial charge in [-0.25, -0.2) is 0 Å². The van der Waals surface area contributed by atoms with Crippen LogP contribution in [0.1, 0.15) is 19.4 Å². The summed E-state index contributed by atoms with van der Waals surface area (Å²) in [5.41, 5.74) is 1.25. The van der Waals surface area contributed by atoms with Gasteiger partial charge >= 0.3 is 0 Å². The molecular formula is C18H23NO2S. The van der Waals surface area contributed by atoms with Crippen LogP contribution < -0.4 is 4.74 Å². The topological polar surface area (TPSA) is 29.5 Å². The van der Waals surface area contributed by atoms with Crippen LogP contribution in [0.15, 0.2) is 36.4 Å². The summed E-state index contributed by atoms with van der Waals surface area (Å²) in [7, 11) is -0.633. The molecule has 22 heavy (non-hydrogen) atoms. The Bertz CT molecular complexity index is 674. The van der Waals surface area contributed by atoms with Gasteiger partial charge in [-0.3, -0.25) is 9.11 Å². The summed E-state index contributed by atoms with van der Waals surface area (Å²) in [4.78, 5) is 2.39. The van der Waals surface area contributed by atoms with Gasteiger partial charge < -0.3 is 4.74 Å². The lowest BCUT2D eigenvalue weighted by molar-refractivity contribution is 0.231. The highest BCUT2D eigenvalue weighted by Gasteiger charge is 2.18. The fourth-order valence-electron chi connectivity index (χ4n) is 2.90. The first-order chi connectivity index (χ1) is 10.6. The minimum atomic E-state index is -0.633. The average molecular weight is 317 g/mol. The van der Waals surface area contributed by atoms with Crippen LogP contribution in [-0.2, 0) is 17.3 Å². The molecular weight excluding hydrogens is 294 g/mol. The fourth-order valence-corrected chi connectivity index (χ4v) is 4.03. The molecule has 1 heterocycles. The van der Waals surface area contributed by atoms with E-state index < -0.39 is 10.8 Å². The molecule has 0 atom stereocenters. The van der Waals surface area contributed by atoms with Crippen LogP contribution in [0, 0.1) is 0 Å². The van der Waals surface area contributed by atoms with Crippen LogP contribution in [0.25, 0.3) is 10.8 Å². The van der Waals surface area contributed by atoms with E-state index in [9.17, 15) is 4.21 Å². The molecule has 118 valence electrons. The summed E-state index contributed by atoms with van der Waals surface area (Å²) in [5, 5.41) is 2.50. The smallest absolute Gasteiger partial charge is 0.124 e. The highest BCUT2D eigenvalue weighted by Crippen LogP contribution is 2.30. The van der Waals surface area contributed by atoms with Crippen LogP contribution in [0.5, 0.6) is 5.75 Å². The van der Waals surface area contributed by atoms with Crippen LogP contribution >= 0.6 is 0 Å². The van der Waals surface area contributed by atoms with E-state index in [0.29, 0.717) is 0 Å². The van der Waals surface area contributed by atoms with Crippen LogP contribution in [0.4, 0.5) is 0 Å². The Kier molecular flexibility index (Phi) is 4.79. The molecule has 2 aromatic rings. The minimum Gasteiger partial charge on any atom is -0.491 e. The van der Waals surface area contributed by atoms with E-state index in [1.165, 1.54) is 16.3 Å². The van der Waals surface area contributed by atoms with E-state index in [2.05, 4.69) is 55.1 Å². The van der Waals surface area contributed by atoms with E-state index in [0.717, 1.165) is 36.9 Å². The quantitative estimate of drug-likeness (QED) is 0.867. The molecule has 0 bridgehead atoms. The molecule has 0 radical (unpaired) electrons. The predicted molar refractivity (Wildman–Crippen MR) is 92.9 cm³/mol. The lowest BCUT2D eigenvalue weighted by atomic mass is 10.0. The maximum Gasteiger partial charge on any atom is 0.124 e. The lowest BCUT2D eigenvalue weighted by Gasteiger charge is -2.28. The summed E-state index contributed by atoms with van der Waals surface area (Å²) in [5.74, 6) is 2.54. The summed E-state index contributed by atoms with van der Waals surface area (Å²) in [6.45, 7) is 6.78. The molecule has 0 saturated carbocycles. The molecule has 0 N–H and O–H groups in total. The van der Waals surface area contributed by atoms with Gasteiger partial charge in [-0.1, -0.05) is 30.3 Å². The van der Waals surface area contributed by atoms with E-state index in [-0.39, 0.29) is 6.10 Å². The third-order valence-electron chi connectivity index (χ3n) is 4.01. The van der Waals surface area contributed by atoms with Gasteiger partial charge in [0, 0.05) is 47.5 Å². The summed E-state index contributed by atoms with van der Waals surface area (Å²) in [6.07, 6.45) is 0.161. The van der Waals surface area contributed by atoms with Crippen molar-refractivity contribution in [2.75, 3.05) is 24.6 Å². The second-order valence-electron chi connectivity index (χ2n) is 6.05. The van der Waals surface area contributed by atoms with Crippen LogP contribution in [-0.4, -0.2) is 39.8 Å². The highest BCUT2D eigenvalue weighted by atomic mass is 32.2. The maximum absolute atomic E-state index is 11.5. The standard InChI is InChI=1S/C18H23NO2S/c1-14(2)21-18-8-7-15-5-3-4-6-16(15)17(18)13-19-9-11-22(20)12-10-19/h3-8,14H,9-13H2,1-2H3. The lowest BCUT2D eigenvalue weighted by Crippen LogP contribution is -2.37. The van der Waals surface area contributed by atoms with Crippen molar-refractivity contribution in [3.05, 3.63) is 42.0 Å². The molecule has 0 spiro atoms. The van der Waals surface area contributed by atoms with Gasteiger partial charge in [-0.05, 0) is 30.7 Å². The van der Waals surface area contributed by atoms with Crippen molar-refractivity contribution in [2.45, 2.75) is 26.5 Å². The zero-order valence-electron chi connectivity index (χ0n) is 13.2. The molecule has 3 rings (SSSR count). The minimum absolute atomic E-state index is 0.161. The van der Waals surface area contributed by atoms with Crippen LogP contribution in [0.3, 0.4) is 0 Å². The van der Waals surface area contributed by atoms with E-state index in [4.69, 9.17) is 4.74 Å². The average Bonchev–Trinajstić information content (AvgIpc) is 2.51. The van der Waals surface area contributed by atoms with Crippen molar-refractivity contribution in [1.82, 2.24) is 4.90 Å². The van der Waals surface area contributed by atoms with Crippen molar-refractivity contribution >= 4 is 21.6 Å². The molecule has 1 saturated heterocycles. The number of fused-ring (bicyclic) bond motifs is 1. The first-order valence-electron chi connectivity index (χ1n) is 7.88. The van der Waals surface area contributed by atoms with Gasteiger partial charge in [0.25, 0.3) is 0 Å². The van der Waals surface area contributed by atoms with Gasteiger partial charge in [0.1, 0.15) is 5.75 Å². The zero-order valence-corrected chi connectivity index (χ0v) is 14.1. The number of nitrogens with zero attached hydrogens (tertiary/aromatic N) is 1. The van der Waals surface area contributed by atoms with Crippen LogP contribution in [0.2, 0.25) is 0 Å². The SMILES string of the molecule is CC(C)Oc1ccc2ccccc2c1CN1CCS(=O)CC1. The van der Waals surface area contributed by atoms with Crippen molar-refractivity contribution in [2.24, 2.45) is 0 Å². The largest absolute Gasteiger partial charge is 0.491 e. The van der Waals surface area contributed by atoms with Crippen molar-refractivity contribution in [1.29, 1.82) is 0 Å². The number of benzene rings is 2. The molecule has 1 aliphatic rings. The molecule has 4 heteroatoms. The van der Waals surface area contributed by atoms with Gasteiger partial charge in [0.15, 0.2) is 0 Å². The molecule has 0 aromatic heterocycles. The maximum atomic E-state index is 11.5. The number of ether oxygens (including phenoxy) is 1.